The lowest BCUT2D eigenvalue weighted by Gasteiger charge is -2.31. The van der Waals surface area contributed by atoms with E-state index in [0.29, 0.717) is 11.8 Å². The van der Waals surface area contributed by atoms with Crippen LogP contribution in [0, 0.1) is 5.92 Å². The Balaban J connectivity index is 2.12. The van der Waals surface area contributed by atoms with E-state index < -0.39 is 0 Å². The van der Waals surface area contributed by atoms with E-state index in [2.05, 4.69) is 32.0 Å². The van der Waals surface area contributed by atoms with Crippen LogP contribution in [0.15, 0.2) is 24.3 Å². The molecule has 1 aliphatic heterocycles. The van der Waals surface area contributed by atoms with Crippen LogP contribution in [-0.4, -0.2) is 12.6 Å². The molecular weight excluding hydrogens is 210 g/mol. The molecule has 0 saturated carbocycles. The van der Waals surface area contributed by atoms with E-state index in [4.69, 9.17) is 10.5 Å². The molecule has 1 aromatic carbocycles. The van der Waals surface area contributed by atoms with Crippen molar-refractivity contribution in [2.45, 2.75) is 45.1 Å². The Hall–Kier alpha value is -1.02. The first-order chi connectivity index (χ1) is 8.22. The van der Waals surface area contributed by atoms with Gasteiger partial charge in [0.05, 0.1) is 6.61 Å². The zero-order chi connectivity index (χ0) is 12.3. The van der Waals surface area contributed by atoms with E-state index >= 15 is 0 Å². The maximum Gasteiger partial charge on any atom is 0.122 e. The van der Waals surface area contributed by atoms with E-state index in [-0.39, 0.29) is 6.04 Å². The molecule has 3 unspecified atom stereocenters. The summed E-state index contributed by atoms with van der Waals surface area (Å²) in [5, 5.41) is 0. The Morgan fingerprint density at radius 1 is 1.41 bits per heavy atom. The Morgan fingerprint density at radius 3 is 2.94 bits per heavy atom. The molecule has 0 saturated heterocycles. The zero-order valence-electron chi connectivity index (χ0n) is 10.9. The van der Waals surface area contributed by atoms with Crippen molar-refractivity contribution in [1.82, 2.24) is 0 Å². The van der Waals surface area contributed by atoms with E-state index in [1.54, 1.807) is 0 Å². The third-order valence-corrected chi connectivity index (χ3v) is 3.89. The van der Waals surface area contributed by atoms with Gasteiger partial charge in [0.15, 0.2) is 0 Å². The maximum absolute atomic E-state index is 6.38. The van der Waals surface area contributed by atoms with Gasteiger partial charge in [-0.3, -0.25) is 0 Å². The largest absolute Gasteiger partial charge is 0.493 e. The number of nitrogens with two attached hydrogens (primary N) is 1. The minimum atomic E-state index is 0.259. The van der Waals surface area contributed by atoms with Gasteiger partial charge in [-0.2, -0.15) is 0 Å². The van der Waals surface area contributed by atoms with Crippen LogP contribution in [0.5, 0.6) is 5.75 Å². The fourth-order valence-electron chi connectivity index (χ4n) is 2.61. The van der Waals surface area contributed by atoms with Gasteiger partial charge < -0.3 is 10.5 Å². The van der Waals surface area contributed by atoms with Crippen LogP contribution in [0.25, 0.3) is 0 Å². The molecule has 3 atom stereocenters. The van der Waals surface area contributed by atoms with Gasteiger partial charge in [0.1, 0.15) is 5.75 Å². The SMILES string of the molecule is CCC(C)CC(N)C1CCOc2ccccc21. The quantitative estimate of drug-likeness (QED) is 0.866. The highest BCUT2D eigenvalue weighted by Crippen LogP contribution is 2.36. The average molecular weight is 233 g/mol. The van der Waals surface area contributed by atoms with Crippen molar-refractivity contribution >= 4 is 0 Å². The fraction of sp³-hybridized carbons (Fsp3) is 0.600. The van der Waals surface area contributed by atoms with Crippen LogP contribution in [0.4, 0.5) is 0 Å². The highest BCUT2D eigenvalue weighted by atomic mass is 16.5. The molecule has 0 aromatic heterocycles. The first kappa shape index (κ1) is 12.4. The van der Waals surface area contributed by atoms with Crippen molar-refractivity contribution in [3.05, 3.63) is 29.8 Å². The minimum Gasteiger partial charge on any atom is -0.493 e. The van der Waals surface area contributed by atoms with Gasteiger partial charge >= 0.3 is 0 Å². The molecule has 2 heteroatoms. The number of benzene rings is 1. The molecule has 0 bridgehead atoms. The summed E-state index contributed by atoms with van der Waals surface area (Å²) in [7, 11) is 0. The monoisotopic (exact) mass is 233 g/mol. The molecule has 0 fully saturated rings. The van der Waals surface area contributed by atoms with Crippen molar-refractivity contribution in [1.29, 1.82) is 0 Å². The van der Waals surface area contributed by atoms with Gasteiger partial charge in [0, 0.05) is 12.0 Å². The summed E-state index contributed by atoms with van der Waals surface area (Å²) in [6.07, 6.45) is 3.36. The zero-order valence-corrected chi connectivity index (χ0v) is 10.9. The lowest BCUT2D eigenvalue weighted by Crippen LogP contribution is -2.33. The third-order valence-electron chi connectivity index (χ3n) is 3.89. The van der Waals surface area contributed by atoms with Gasteiger partial charge in [0.25, 0.3) is 0 Å². The van der Waals surface area contributed by atoms with Gasteiger partial charge in [-0.1, -0.05) is 38.5 Å². The summed E-state index contributed by atoms with van der Waals surface area (Å²) < 4.78 is 5.68. The first-order valence-corrected chi connectivity index (χ1v) is 6.69. The van der Waals surface area contributed by atoms with E-state index in [1.165, 1.54) is 12.0 Å². The smallest absolute Gasteiger partial charge is 0.122 e. The summed E-state index contributed by atoms with van der Waals surface area (Å²) in [6.45, 7) is 5.32. The minimum absolute atomic E-state index is 0.259. The fourth-order valence-corrected chi connectivity index (χ4v) is 2.61. The van der Waals surface area contributed by atoms with Crippen molar-refractivity contribution < 1.29 is 4.74 Å². The molecule has 2 rings (SSSR count). The number of fused-ring (bicyclic) bond motifs is 1. The third kappa shape index (κ3) is 2.81. The number of ether oxygens (including phenoxy) is 1. The van der Waals surface area contributed by atoms with Crippen LogP contribution in [0.1, 0.15) is 44.6 Å². The highest BCUT2D eigenvalue weighted by molar-refractivity contribution is 5.38. The van der Waals surface area contributed by atoms with Gasteiger partial charge in [-0.05, 0) is 30.4 Å². The number of para-hydroxylation sites is 1. The molecule has 17 heavy (non-hydrogen) atoms. The summed E-state index contributed by atoms with van der Waals surface area (Å²) in [6, 6.07) is 8.58. The molecule has 0 amide bonds. The van der Waals surface area contributed by atoms with Crippen LogP contribution in [-0.2, 0) is 0 Å². The molecule has 0 radical (unpaired) electrons. The van der Waals surface area contributed by atoms with Crippen molar-refractivity contribution in [3.63, 3.8) is 0 Å². The van der Waals surface area contributed by atoms with Crippen LogP contribution >= 0.6 is 0 Å². The lowest BCUT2D eigenvalue weighted by molar-refractivity contribution is 0.246. The van der Waals surface area contributed by atoms with E-state index in [0.717, 1.165) is 25.2 Å². The predicted molar refractivity (Wildman–Crippen MR) is 71.3 cm³/mol. The first-order valence-electron chi connectivity index (χ1n) is 6.69. The number of hydrogen-bond donors (Lipinski definition) is 1. The molecule has 1 heterocycles. The van der Waals surface area contributed by atoms with Crippen molar-refractivity contribution in [3.8, 4) is 5.75 Å². The maximum atomic E-state index is 6.38. The summed E-state index contributed by atoms with van der Waals surface area (Å²) in [4.78, 5) is 0. The Morgan fingerprint density at radius 2 is 2.18 bits per heavy atom. The molecule has 2 N–H and O–H groups in total. The Kier molecular flexibility index (Phi) is 4.06. The second-order valence-electron chi connectivity index (χ2n) is 5.19. The highest BCUT2D eigenvalue weighted by Gasteiger charge is 2.27. The normalized spacial score (nSPS) is 22.4. The molecule has 1 aliphatic rings. The van der Waals surface area contributed by atoms with Gasteiger partial charge in [0.2, 0.25) is 0 Å². The van der Waals surface area contributed by atoms with E-state index in [9.17, 15) is 0 Å². The van der Waals surface area contributed by atoms with Gasteiger partial charge in [-0.15, -0.1) is 0 Å². The summed E-state index contributed by atoms with van der Waals surface area (Å²) in [5.74, 6) is 2.21. The van der Waals surface area contributed by atoms with Crippen LogP contribution in [0.3, 0.4) is 0 Å². The lowest BCUT2D eigenvalue weighted by atomic mass is 9.83. The molecule has 1 aromatic rings. The molecular formula is C15H23NO. The summed E-state index contributed by atoms with van der Waals surface area (Å²) >= 11 is 0. The summed E-state index contributed by atoms with van der Waals surface area (Å²) in [5.41, 5.74) is 7.68. The van der Waals surface area contributed by atoms with Crippen molar-refractivity contribution in [2.24, 2.45) is 11.7 Å². The Labute approximate surface area is 104 Å². The standard InChI is InChI=1S/C15H23NO/c1-3-11(2)10-14(16)12-8-9-17-15-7-5-4-6-13(12)15/h4-7,11-12,14H,3,8-10,16H2,1-2H3. The average Bonchev–Trinajstić information content (AvgIpc) is 2.37. The molecule has 0 spiro atoms. The molecule has 0 aliphatic carbocycles. The number of rotatable bonds is 4. The van der Waals surface area contributed by atoms with Crippen molar-refractivity contribution in [2.75, 3.05) is 6.61 Å². The second-order valence-corrected chi connectivity index (χ2v) is 5.19. The second kappa shape index (κ2) is 5.54. The predicted octanol–water partition coefficient (Wildman–Crippen LogP) is 3.32. The topological polar surface area (TPSA) is 35.2 Å². The Bertz CT molecular complexity index is 364. The molecule has 94 valence electrons. The molecule has 2 nitrogen and oxygen atoms in total. The van der Waals surface area contributed by atoms with E-state index in [1.807, 2.05) is 6.07 Å². The number of hydrogen-bond acceptors (Lipinski definition) is 2. The van der Waals surface area contributed by atoms with Crippen LogP contribution in [0.2, 0.25) is 0 Å². The van der Waals surface area contributed by atoms with Gasteiger partial charge in [-0.25, -0.2) is 0 Å². The van der Waals surface area contributed by atoms with Crippen LogP contribution < -0.4 is 10.5 Å².